The van der Waals surface area contributed by atoms with Crippen LogP contribution in [-0.4, -0.2) is 16.2 Å². The molecule has 0 fully saturated rings. The van der Waals surface area contributed by atoms with Crippen molar-refractivity contribution >= 4 is 17.9 Å². The number of aryl methyl sites for hydroxylation is 1. The lowest BCUT2D eigenvalue weighted by Crippen LogP contribution is -2.03. The molecule has 0 atom stereocenters. The average Bonchev–Trinajstić information content (AvgIpc) is 2.09. The van der Waals surface area contributed by atoms with E-state index in [1.807, 2.05) is 13.8 Å². The topological polar surface area (TPSA) is 64.2 Å². The van der Waals surface area contributed by atoms with E-state index in [-0.39, 0.29) is 0 Å². The summed E-state index contributed by atoms with van der Waals surface area (Å²) in [4.78, 5) is 12.6. The van der Waals surface area contributed by atoms with E-state index >= 15 is 0 Å². The van der Waals surface area contributed by atoms with E-state index in [1.165, 1.54) is 0 Å². The second-order valence-corrected chi connectivity index (χ2v) is 3.44. The number of aromatic nitrogens is 2. The molecule has 0 amide bonds. The van der Waals surface area contributed by atoms with E-state index in [9.17, 15) is 0 Å². The van der Waals surface area contributed by atoms with Crippen LogP contribution >= 0.6 is 0 Å². The summed E-state index contributed by atoms with van der Waals surface area (Å²) in [6.07, 6.45) is 1.74. The van der Waals surface area contributed by atoms with E-state index < -0.39 is 0 Å². The molecule has 0 aliphatic carbocycles. The zero-order valence-electron chi connectivity index (χ0n) is 9.07. The average molecular weight is 192 g/mol. The number of rotatable bonds is 2. The third kappa shape index (κ3) is 2.07. The highest BCUT2D eigenvalue weighted by Crippen LogP contribution is 2.27. The minimum Gasteiger partial charge on any atom is -0.368 e. The van der Waals surface area contributed by atoms with E-state index in [0.717, 1.165) is 17.1 Å². The third-order valence-corrected chi connectivity index (χ3v) is 1.91. The van der Waals surface area contributed by atoms with Gasteiger partial charge in [0.05, 0.1) is 11.4 Å². The molecule has 2 N–H and O–H groups in total. The predicted octanol–water partition coefficient (Wildman–Crippen LogP) is 2.21. The van der Waals surface area contributed by atoms with Gasteiger partial charge in [0.15, 0.2) is 0 Å². The van der Waals surface area contributed by atoms with E-state index in [2.05, 4.69) is 28.8 Å². The van der Waals surface area contributed by atoms with Gasteiger partial charge in [-0.05, 0) is 19.8 Å². The van der Waals surface area contributed by atoms with Gasteiger partial charge in [0.1, 0.15) is 5.69 Å². The largest absolute Gasteiger partial charge is 0.368 e. The summed E-state index contributed by atoms with van der Waals surface area (Å²) in [5, 5.41) is 0. The van der Waals surface area contributed by atoms with Crippen LogP contribution in [0.4, 0.5) is 11.6 Å². The molecule has 4 heteroatoms. The Labute approximate surface area is 84.3 Å². The summed E-state index contributed by atoms with van der Waals surface area (Å²) in [5.74, 6) is 0.624. The van der Waals surface area contributed by atoms with Crippen LogP contribution in [-0.2, 0) is 0 Å². The lowest BCUT2D eigenvalue weighted by Gasteiger charge is -2.10. The van der Waals surface area contributed by atoms with Crippen molar-refractivity contribution in [1.82, 2.24) is 9.97 Å². The summed E-state index contributed by atoms with van der Waals surface area (Å²) >= 11 is 0. The number of aliphatic imine (C=N–C) groups is 1. The quantitative estimate of drug-likeness (QED) is 0.730. The van der Waals surface area contributed by atoms with Crippen LogP contribution in [0.2, 0.25) is 0 Å². The maximum absolute atomic E-state index is 5.59. The fraction of sp³-hybridized carbons (Fsp3) is 0.500. The van der Waals surface area contributed by atoms with Crippen LogP contribution in [0, 0.1) is 6.92 Å². The molecule has 14 heavy (non-hydrogen) atoms. The maximum Gasteiger partial charge on any atom is 0.220 e. The first kappa shape index (κ1) is 10.6. The first-order valence-corrected chi connectivity index (χ1v) is 4.69. The summed E-state index contributed by atoms with van der Waals surface area (Å²) in [6, 6.07) is 0. The van der Waals surface area contributed by atoms with Gasteiger partial charge in [-0.2, -0.15) is 0 Å². The van der Waals surface area contributed by atoms with Gasteiger partial charge in [0, 0.05) is 6.21 Å². The summed E-state index contributed by atoms with van der Waals surface area (Å²) in [7, 11) is 0. The predicted molar refractivity (Wildman–Crippen MR) is 59.1 cm³/mol. The highest BCUT2D eigenvalue weighted by molar-refractivity contribution is 5.63. The van der Waals surface area contributed by atoms with Gasteiger partial charge in [-0.25, -0.2) is 9.97 Å². The van der Waals surface area contributed by atoms with Gasteiger partial charge in [-0.1, -0.05) is 13.8 Å². The number of nitrogens with zero attached hydrogens (tertiary/aromatic N) is 3. The molecule has 1 aromatic rings. The van der Waals surface area contributed by atoms with E-state index in [4.69, 9.17) is 5.73 Å². The second-order valence-electron chi connectivity index (χ2n) is 3.44. The van der Waals surface area contributed by atoms with Crippen molar-refractivity contribution in [3.63, 3.8) is 0 Å². The summed E-state index contributed by atoms with van der Waals surface area (Å²) in [6.45, 7) is 7.90. The minimum absolute atomic E-state index is 0.303. The highest BCUT2D eigenvalue weighted by atomic mass is 15.0. The monoisotopic (exact) mass is 192 g/mol. The molecular weight excluding hydrogens is 176 g/mol. The normalized spacial score (nSPS) is 11.5. The number of hydrogen-bond donors (Lipinski definition) is 1. The summed E-state index contributed by atoms with van der Waals surface area (Å²) in [5.41, 5.74) is 8.18. The Morgan fingerprint density at radius 3 is 2.50 bits per heavy atom. The van der Waals surface area contributed by atoms with Gasteiger partial charge in [-0.15, -0.1) is 0 Å². The van der Waals surface area contributed by atoms with Gasteiger partial charge >= 0.3 is 0 Å². The van der Waals surface area contributed by atoms with Gasteiger partial charge in [0.25, 0.3) is 0 Å². The smallest absolute Gasteiger partial charge is 0.220 e. The lowest BCUT2D eigenvalue weighted by atomic mass is 10.1. The SMILES string of the molecule is C/C=N\c1c(C)nc(N)nc1C(C)C. The van der Waals surface area contributed by atoms with Crippen molar-refractivity contribution in [3.8, 4) is 0 Å². The number of nitrogen functional groups attached to an aromatic ring is 1. The van der Waals surface area contributed by atoms with E-state index in [1.54, 1.807) is 6.21 Å². The number of nitrogens with two attached hydrogens (primary N) is 1. The Balaban J connectivity index is 3.36. The zero-order chi connectivity index (χ0) is 10.7. The molecule has 76 valence electrons. The van der Waals surface area contributed by atoms with Crippen LogP contribution in [0.1, 0.15) is 38.1 Å². The molecule has 1 heterocycles. The van der Waals surface area contributed by atoms with Crippen LogP contribution < -0.4 is 5.73 Å². The highest BCUT2D eigenvalue weighted by Gasteiger charge is 2.12. The van der Waals surface area contributed by atoms with Crippen molar-refractivity contribution in [2.75, 3.05) is 5.73 Å². The molecular formula is C10H16N4. The lowest BCUT2D eigenvalue weighted by molar-refractivity contribution is 0.814. The molecule has 1 rings (SSSR count). The van der Waals surface area contributed by atoms with Crippen LogP contribution in [0.3, 0.4) is 0 Å². The molecule has 1 aromatic heterocycles. The molecule has 0 spiro atoms. The van der Waals surface area contributed by atoms with Gasteiger partial charge < -0.3 is 5.73 Å². The molecule has 0 unspecified atom stereocenters. The Hall–Kier alpha value is -1.45. The van der Waals surface area contributed by atoms with Crippen LogP contribution in [0.25, 0.3) is 0 Å². The molecule has 0 bridgehead atoms. The van der Waals surface area contributed by atoms with Crippen molar-refractivity contribution in [1.29, 1.82) is 0 Å². The maximum atomic E-state index is 5.59. The van der Waals surface area contributed by atoms with Gasteiger partial charge in [0.2, 0.25) is 5.95 Å². The molecule has 0 saturated carbocycles. The number of anilines is 1. The van der Waals surface area contributed by atoms with Crippen LogP contribution in [0.5, 0.6) is 0 Å². The van der Waals surface area contributed by atoms with Crippen LogP contribution in [0.15, 0.2) is 4.99 Å². The third-order valence-electron chi connectivity index (χ3n) is 1.91. The van der Waals surface area contributed by atoms with Crippen molar-refractivity contribution in [3.05, 3.63) is 11.4 Å². The molecule has 0 saturated heterocycles. The Morgan fingerprint density at radius 2 is 2.00 bits per heavy atom. The van der Waals surface area contributed by atoms with Crippen molar-refractivity contribution in [2.45, 2.75) is 33.6 Å². The standard InChI is InChI=1S/C10H16N4/c1-5-12-9-7(4)13-10(11)14-8(9)6(2)3/h5-6H,1-4H3,(H2,11,13,14)/b12-5-. The zero-order valence-corrected chi connectivity index (χ0v) is 9.07. The van der Waals surface area contributed by atoms with Crippen molar-refractivity contribution < 1.29 is 0 Å². The minimum atomic E-state index is 0.303. The molecule has 0 aromatic carbocycles. The fourth-order valence-electron chi connectivity index (χ4n) is 1.30. The molecule has 0 aliphatic heterocycles. The first-order chi connectivity index (χ1) is 6.56. The Kier molecular flexibility index (Phi) is 3.17. The van der Waals surface area contributed by atoms with E-state index in [0.29, 0.717) is 11.9 Å². The first-order valence-electron chi connectivity index (χ1n) is 4.69. The second kappa shape index (κ2) is 4.17. The Bertz CT molecular complexity index is 355. The molecule has 0 aliphatic rings. The number of hydrogen-bond acceptors (Lipinski definition) is 4. The fourth-order valence-corrected chi connectivity index (χ4v) is 1.30. The molecule has 0 radical (unpaired) electrons. The summed E-state index contributed by atoms with van der Waals surface area (Å²) < 4.78 is 0. The van der Waals surface area contributed by atoms with Gasteiger partial charge in [-0.3, -0.25) is 4.99 Å². The van der Waals surface area contributed by atoms with Crippen molar-refractivity contribution in [2.24, 2.45) is 4.99 Å². The Morgan fingerprint density at radius 1 is 1.36 bits per heavy atom. The molecule has 4 nitrogen and oxygen atoms in total.